The maximum atomic E-state index is 11.9. The Labute approximate surface area is 128 Å². The summed E-state index contributed by atoms with van der Waals surface area (Å²) in [6, 6.07) is 0. The Morgan fingerprint density at radius 3 is 2.65 bits per heavy atom. The summed E-state index contributed by atoms with van der Waals surface area (Å²) in [5.74, 6) is 3.41. The number of unbranched alkanes of at least 4 members (excludes halogenated alkanes) is 1. The molecular weight excluding hydrogens is 270 g/mol. The zero-order chi connectivity index (χ0) is 14.8. The van der Waals surface area contributed by atoms with Crippen LogP contribution in [0.4, 0.5) is 0 Å². The fourth-order valence-corrected chi connectivity index (χ4v) is 3.97. The minimum atomic E-state index is -0.522. The lowest BCUT2D eigenvalue weighted by atomic mass is 9.95. The molecule has 0 bridgehead atoms. The molecule has 0 aromatic heterocycles. The van der Waals surface area contributed by atoms with Crippen molar-refractivity contribution in [3.8, 4) is 0 Å². The molecule has 20 heavy (non-hydrogen) atoms. The van der Waals surface area contributed by atoms with Crippen LogP contribution in [0.2, 0.25) is 0 Å². The lowest BCUT2D eigenvalue weighted by Crippen LogP contribution is -2.48. The van der Waals surface area contributed by atoms with Crippen molar-refractivity contribution >= 4 is 17.7 Å². The number of ether oxygens (including phenoxy) is 1. The Balaban J connectivity index is 2.09. The molecule has 4 heteroatoms. The third kappa shape index (κ3) is 6.04. The predicted octanol–water partition coefficient (Wildman–Crippen LogP) is 3.62. The average molecular weight is 301 g/mol. The smallest absolute Gasteiger partial charge is 0.326 e. The number of esters is 1. The van der Waals surface area contributed by atoms with E-state index in [2.05, 4.69) is 17.1 Å². The van der Waals surface area contributed by atoms with Crippen molar-refractivity contribution in [1.29, 1.82) is 0 Å². The van der Waals surface area contributed by atoms with E-state index in [1.807, 2.05) is 20.9 Å². The lowest BCUT2D eigenvalue weighted by Gasteiger charge is -2.26. The van der Waals surface area contributed by atoms with Crippen molar-refractivity contribution < 1.29 is 9.53 Å². The van der Waals surface area contributed by atoms with Gasteiger partial charge >= 0.3 is 5.97 Å². The maximum absolute atomic E-state index is 11.9. The first-order chi connectivity index (χ1) is 9.62. The molecule has 118 valence electrons. The molecule has 0 aromatic carbocycles. The third-order valence-electron chi connectivity index (χ3n) is 4.32. The molecule has 0 heterocycles. The minimum absolute atomic E-state index is 0.124. The number of thioether (sulfide) groups is 1. The molecular formula is C16H31NO2S. The largest absolute Gasteiger partial charge is 0.465 e. The number of nitrogens with one attached hydrogen (secondary N) is 1. The van der Waals surface area contributed by atoms with Gasteiger partial charge in [0.25, 0.3) is 0 Å². The standard InChI is InChI=1S/C16H31NO2S/c1-4-19-15(18)16(2,17-3)11-7-8-12-20-13-14-9-5-6-10-14/h14,17H,4-13H2,1-3H3. The monoisotopic (exact) mass is 301 g/mol. The molecule has 1 unspecified atom stereocenters. The minimum Gasteiger partial charge on any atom is -0.465 e. The van der Waals surface area contributed by atoms with Crippen LogP contribution in [0.1, 0.15) is 58.8 Å². The summed E-state index contributed by atoms with van der Waals surface area (Å²) >= 11 is 2.09. The second-order valence-corrected chi connectivity index (χ2v) is 7.13. The van der Waals surface area contributed by atoms with Crippen LogP contribution in [0, 0.1) is 5.92 Å². The van der Waals surface area contributed by atoms with Gasteiger partial charge in [0, 0.05) is 0 Å². The van der Waals surface area contributed by atoms with E-state index in [1.54, 1.807) is 0 Å². The molecule has 1 N–H and O–H groups in total. The number of carbonyl (C=O) groups excluding carboxylic acids is 1. The van der Waals surface area contributed by atoms with Crippen LogP contribution in [0.5, 0.6) is 0 Å². The molecule has 0 saturated heterocycles. The highest BCUT2D eigenvalue weighted by atomic mass is 32.2. The van der Waals surface area contributed by atoms with Gasteiger partial charge in [-0.15, -0.1) is 0 Å². The Bertz CT molecular complexity index is 280. The summed E-state index contributed by atoms with van der Waals surface area (Å²) in [5.41, 5.74) is -0.522. The fourth-order valence-electron chi connectivity index (χ4n) is 2.73. The van der Waals surface area contributed by atoms with Gasteiger partial charge in [0.05, 0.1) is 6.61 Å². The Hall–Kier alpha value is -0.220. The van der Waals surface area contributed by atoms with E-state index in [-0.39, 0.29) is 5.97 Å². The molecule has 0 radical (unpaired) electrons. The van der Waals surface area contributed by atoms with Gasteiger partial charge in [0.2, 0.25) is 0 Å². The van der Waals surface area contributed by atoms with Crippen molar-refractivity contribution in [2.24, 2.45) is 5.92 Å². The molecule has 1 rings (SSSR count). The first-order valence-corrected chi connectivity index (χ1v) is 9.21. The Kier molecular flexibility index (Phi) is 8.62. The van der Waals surface area contributed by atoms with Gasteiger partial charge in [0.1, 0.15) is 5.54 Å². The van der Waals surface area contributed by atoms with Gasteiger partial charge in [-0.2, -0.15) is 11.8 Å². The number of hydrogen-bond donors (Lipinski definition) is 1. The molecule has 0 aliphatic heterocycles. The van der Waals surface area contributed by atoms with Crippen LogP contribution < -0.4 is 5.32 Å². The van der Waals surface area contributed by atoms with Crippen molar-refractivity contribution in [1.82, 2.24) is 5.32 Å². The highest BCUT2D eigenvalue weighted by Crippen LogP contribution is 2.28. The van der Waals surface area contributed by atoms with Gasteiger partial charge in [-0.3, -0.25) is 4.79 Å². The van der Waals surface area contributed by atoms with Crippen LogP contribution in [0.3, 0.4) is 0 Å². The quantitative estimate of drug-likeness (QED) is 0.494. The predicted molar refractivity (Wildman–Crippen MR) is 87.2 cm³/mol. The average Bonchev–Trinajstić information content (AvgIpc) is 2.95. The van der Waals surface area contributed by atoms with Gasteiger partial charge in [-0.05, 0) is 64.0 Å². The first kappa shape index (κ1) is 17.8. The van der Waals surface area contributed by atoms with Crippen LogP contribution >= 0.6 is 11.8 Å². The molecule has 1 aliphatic rings. The summed E-state index contributed by atoms with van der Waals surface area (Å²) < 4.78 is 5.14. The number of likely N-dealkylation sites (N-methyl/N-ethyl adjacent to an activating group) is 1. The highest BCUT2D eigenvalue weighted by molar-refractivity contribution is 7.99. The van der Waals surface area contributed by atoms with Crippen LogP contribution in [-0.4, -0.2) is 36.7 Å². The van der Waals surface area contributed by atoms with Crippen LogP contribution in [0.15, 0.2) is 0 Å². The molecule has 3 nitrogen and oxygen atoms in total. The molecule has 1 fully saturated rings. The normalized spacial score (nSPS) is 18.9. The van der Waals surface area contributed by atoms with E-state index in [4.69, 9.17) is 4.74 Å². The van der Waals surface area contributed by atoms with E-state index in [0.29, 0.717) is 6.61 Å². The topological polar surface area (TPSA) is 38.3 Å². The molecule has 1 atom stereocenters. The molecule has 0 spiro atoms. The van der Waals surface area contributed by atoms with E-state index >= 15 is 0 Å². The van der Waals surface area contributed by atoms with Gasteiger partial charge in [0.15, 0.2) is 0 Å². The zero-order valence-corrected chi connectivity index (χ0v) is 14.2. The van der Waals surface area contributed by atoms with Crippen molar-refractivity contribution in [2.75, 3.05) is 25.2 Å². The van der Waals surface area contributed by atoms with Crippen LogP contribution in [-0.2, 0) is 9.53 Å². The molecule has 0 aromatic rings. The number of rotatable bonds is 10. The Morgan fingerprint density at radius 1 is 1.35 bits per heavy atom. The molecule has 1 aliphatic carbocycles. The van der Waals surface area contributed by atoms with E-state index in [1.165, 1.54) is 43.6 Å². The second-order valence-electron chi connectivity index (χ2n) is 5.99. The summed E-state index contributed by atoms with van der Waals surface area (Å²) in [6.45, 7) is 4.25. The zero-order valence-electron chi connectivity index (χ0n) is 13.4. The summed E-state index contributed by atoms with van der Waals surface area (Å²) in [6.07, 6.45) is 8.87. The van der Waals surface area contributed by atoms with Gasteiger partial charge in [-0.1, -0.05) is 19.3 Å². The van der Waals surface area contributed by atoms with Crippen molar-refractivity contribution in [2.45, 2.75) is 64.3 Å². The van der Waals surface area contributed by atoms with Crippen molar-refractivity contribution in [3.05, 3.63) is 0 Å². The highest BCUT2D eigenvalue weighted by Gasteiger charge is 2.32. The van der Waals surface area contributed by atoms with E-state index in [0.717, 1.165) is 18.8 Å². The summed E-state index contributed by atoms with van der Waals surface area (Å²) in [4.78, 5) is 11.9. The number of hydrogen-bond acceptors (Lipinski definition) is 4. The third-order valence-corrected chi connectivity index (χ3v) is 5.61. The SMILES string of the molecule is CCOC(=O)C(C)(CCCCSCC1CCCC1)NC. The lowest BCUT2D eigenvalue weighted by molar-refractivity contribution is -0.150. The maximum Gasteiger partial charge on any atom is 0.326 e. The second kappa shape index (κ2) is 9.67. The first-order valence-electron chi connectivity index (χ1n) is 8.06. The molecule has 1 saturated carbocycles. The number of carbonyl (C=O) groups is 1. The fraction of sp³-hybridized carbons (Fsp3) is 0.938. The van der Waals surface area contributed by atoms with Crippen LogP contribution in [0.25, 0.3) is 0 Å². The van der Waals surface area contributed by atoms with E-state index < -0.39 is 5.54 Å². The molecule has 0 amide bonds. The summed E-state index contributed by atoms with van der Waals surface area (Å²) in [7, 11) is 1.84. The van der Waals surface area contributed by atoms with E-state index in [9.17, 15) is 4.79 Å². The summed E-state index contributed by atoms with van der Waals surface area (Å²) in [5, 5.41) is 3.12. The van der Waals surface area contributed by atoms with Gasteiger partial charge < -0.3 is 10.1 Å². The van der Waals surface area contributed by atoms with Crippen molar-refractivity contribution in [3.63, 3.8) is 0 Å². The van der Waals surface area contributed by atoms with Gasteiger partial charge in [-0.25, -0.2) is 0 Å². The Morgan fingerprint density at radius 2 is 2.05 bits per heavy atom.